The Hall–Kier alpha value is -1.32. The molecule has 0 radical (unpaired) electrons. The molecule has 2 aliphatic rings. The lowest BCUT2D eigenvalue weighted by molar-refractivity contribution is -0.205. The van der Waals surface area contributed by atoms with E-state index in [0.29, 0.717) is 12.5 Å². The average Bonchev–Trinajstić information content (AvgIpc) is 2.73. The number of benzene rings is 1. The van der Waals surface area contributed by atoms with Crippen molar-refractivity contribution >= 4 is 0 Å². The van der Waals surface area contributed by atoms with Gasteiger partial charge in [0, 0.05) is 11.5 Å². The largest absolute Gasteiger partial charge is 0.490 e. The van der Waals surface area contributed by atoms with E-state index >= 15 is 0 Å². The molecule has 0 N–H and O–H groups in total. The number of hydrogen-bond donors (Lipinski definition) is 0. The predicted molar refractivity (Wildman–Crippen MR) is 110 cm³/mol. The molecular formula is C24H36O3. The van der Waals surface area contributed by atoms with Gasteiger partial charge in [0.1, 0.15) is 12.4 Å². The van der Waals surface area contributed by atoms with E-state index in [2.05, 4.69) is 26.0 Å². The smallest absolute Gasteiger partial charge is 0.183 e. The topological polar surface area (TPSA) is 27.7 Å². The van der Waals surface area contributed by atoms with E-state index in [-0.39, 0.29) is 6.29 Å². The number of hydrogen-bond acceptors (Lipinski definition) is 3. The van der Waals surface area contributed by atoms with Crippen LogP contribution in [0.2, 0.25) is 0 Å². The fraction of sp³-hybridized carbons (Fsp3) is 0.667. The standard InChI is InChI=1S/C24H36O3/c1-3-6-20-8-10-21(11-9-20)7-5-16-25-23-14-12-22(13-15-23)24-26-17-19(4-2)18-27-24/h5,7,12-15,19-21,24H,3-4,6,8-11,16-18H2,1-2H3. The van der Waals surface area contributed by atoms with Gasteiger partial charge in [0.15, 0.2) is 6.29 Å². The normalized spacial score (nSPS) is 29.1. The molecule has 150 valence electrons. The van der Waals surface area contributed by atoms with Crippen molar-refractivity contribution in [3.63, 3.8) is 0 Å². The second kappa shape index (κ2) is 10.9. The van der Waals surface area contributed by atoms with E-state index in [1.807, 2.05) is 24.3 Å². The Morgan fingerprint density at radius 1 is 0.963 bits per heavy atom. The van der Waals surface area contributed by atoms with E-state index in [4.69, 9.17) is 14.2 Å². The Labute approximate surface area is 165 Å². The molecule has 0 spiro atoms. The van der Waals surface area contributed by atoms with Crippen LogP contribution >= 0.6 is 0 Å². The van der Waals surface area contributed by atoms with E-state index in [1.54, 1.807) is 0 Å². The van der Waals surface area contributed by atoms with Gasteiger partial charge in [-0.3, -0.25) is 0 Å². The molecule has 1 aliphatic carbocycles. The molecule has 0 amide bonds. The molecule has 1 aromatic rings. The summed E-state index contributed by atoms with van der Waals surface area (Å²) in [7, 11) is 0. The van der Waals surface area contributed by atoms with Gasteiger partial charge < -0.3 is 14.2 Å². The Morgan fingerprint density at radius 3 is 2.30 bits per heavy atom. The second-order valence-electron chi connectivity index (χ2n) is 8.15. The molecule has 1 saturated carbocycles. The fourth-order valence-electron chi connectivity index (χ4n) is 4.16. The lowest BCUT2D eigenvalue weighted by atomic mass is 9.80. The highest BCUT2D eigenvalue weighted by molar-refractivity contribution is 5.28. The third kappa shape index (κ3) is 6.36. The van der Waals surface area contributed by atoms with Gasteiger partial charge in [-0.25, -0.2) is 0 Å². The Kier molecular flexibility index (Phi) is 8.22. The van der Waals surface area contributed by atoms with E-state index in [1.165, 1.54) is 38.5 Å². The summed E-state index contributed by atoms with van der Waals surface area (Å²) in [6.45, 7) is 6.68. The van der Waals surface area contributed by atoms with Crippen molar-refractivity contribution < 1.29 is 14.2 Å². The molecule has 1 aliphatic heterocycles. The predicted octanol–water partition coefficient (Wildman–Crippen LogP) is 6.30. The minimum absolute atomic E-state index is 0.232. The monoisotopic (exact) mass is 372 g/mol. The van der Waals surface area contributed by atoms with E-state index < -0.39 is 0 Å². The molecular weight excluding hydrogens is 336 g/mol. The van der Waals surface area contributed by atoms with Crippen LogP contribution < -0.4 is 4.74 Å². The molecule has 0 aromatic heterocycles. The van der Waals surface area contributed by atoms with Crippen LogP contribution in [0.25, 0.3) is 0 Å². The van der Waals surface area contributed by atoms with E-state index in [0.717, 1.165) is 42.8 Å². The lowest BCUT2D eigenvalue weighted by Crippen LogP contribution is -2.26. The molecule has 0 bridgehead atoms. The van der Waals surface area contributed by atoms with Gasteiger partial charge in [-0.1, -0.05) is 51.0 Å². The molecule has 0 atom stereocenters. The molecule has 1 aromatic carbocycles. The van der Waals surface area contributed by atoms with Crippen LogP contribution in [0.1, 0.15) is 70.6 Å². The first-order valence-corrected chi connectivity index (χ1v) is 10.9. The van der Waals surface area contributed by atoms with Crippen LogP contribution in [0.15, 0.2) is 36.4 Å². The maximum absolute atomic E-state index is 5.87. The first-order chi connectivity index (χ1) is 13.3. The summed E-state index contributed by atoms with van der Waals surface area (Å²) in [5.41, 5.74) is 1.07. The Morgan fingerprint density at radius 2 is 1.67 bits per heavy atom. The van der Waals surface area contributed by atoms with Gasteiger partial charge in [-0.05, 0) is 56.1 Å². The van der Waals surface area contributed by atoms with Crippen LogP contribution in [0, 0.1) is 17.8 Å². The maximum Gasteiger partial charge on any atom is 0.183 e. The first-order valence-electron chi connectivity index (χ1n) is 10.9. The quantitative estimate of drug-likeness (QED) is 0.501. The van der Waals surface area contributed by atoms with Crippen molar-refractivity contribution in [2.45, 2.75) is 65.1 Å². The molecule has 27 heavy (non-hydrogen) atoms. The molecule has 1 saturated heterocycles. The minimum atomic E-state index is -0.232. The van der Waals surface area contributed by atoms with Gasteiger partial charge in [0.25, 0.3) is 0 Å². The van der Waals surface area contributed by atoms with Gasteiger partial charge in [-0.15, -0.1) is 0 Å². The molecule has 3 heteroatoms. The molecule has 1 heterocycles. The summed E-state index contributed by atoms with van der Waals surface area (Å²) < 4.78 is 17.5. The number of allylic oxidation sites excluding steroid dienone is 1. The van der Waals surface area contributed by atoms with Crippen molar-refractivity contribution in [1.82, 2.24) is 0 Å². The zero-order chi connectivity index (χ0) is 18.9. The Balaban J connectivity index is 1.37. The van der Waals surface area contributed by atoms with E-state index in [9.17, 15) is 0 Å². The number of rotatable bonds is 8. The summed E-state index contributed by atoms with van der Waals surface area (Å²) in [6.07, 6.45) is 13.7. The minimum Gasteiger partial charge on any atom is -0.490 e. The van der Waals surface area contributed by atoms with Gasteiger partial charge in [-0.2, -0.15) is 0 Å². The summed E-state index contributed by atoms with van der Waals surface area (Å²) in [5.74, 6) is 3.14. The van der Waals surface area contributed by atoms with Crippen LogP contribution in [-0.2, 0) is 9.47 Å². The highest BCUT2D eigenvalue weighted by Gasteiger charge is 2.22. The maximum atomic E-state index is 5.87. The van der Waals surface area contributed by atoms with Crippen molar-refractivity contribution in [3.8, 4) is 5.75 Å². The molecule has 3 nitrogen and oxygen atoms in total. The SMILES string of the molecule is CCCC1CCC(C=CCOc2ccc(C3OCC(CC)CO3)cc2)CC1. The summed E-state index contributed by atoms with van der Waals surface area (Å²) >= 11 is 0. The summed E-state index contributed by atoms with van der Waals surface area (Å²) in [4.78, 5) is 0. The summed E-state index contributed by atoms with van der Waals surface area (Å²) in [5, 5.41) is 0. The molecule has 3 rings (SSSR count). The van der Waals surface area contributed by atoms with Crippen molar-refractivity contribution in [2.75, 3.05) is 19.8 Å². The van der Waals surface area contributed by atoms with Crippen molar-refractivity contribution in [2.24, 2.45) is 17.8 Å². The van der Waals surface area contributed by atoms with Crippen LogP contribution in [0.5, 0.6) is 5.75 Å². The molecule has 2 fully saturated rings. The zero-order valence-electron chi connectivity index (χ0n) is 17.1. The molecule has 0 unspecified atom stereocenters. The van der Waals surface area contributed by atoms with Gasteiger partial charge >= 0.3 is 0 Å². The third-order valence-electron chi connectivity index (χ3n) is 6.04. The lowest BCUT2D eigenvalue weighted by Gasteiger charge is -2.29. The Bertz CT molecular complexity index is 549. The fourth-order valence-corrected chi connectivity index (χ4v) is 4.16. The van der Waals surface area contributed by atoms with Gasteiger partial charge in [0.2, 0.25) is 0 Å². The number of ether oxygens (including phenoxy) is 3. The second-order valence-corrected chi connectivity index (χ2v) is 8.15. The van der Waals surface area contributed by atoms with Crippen LogP contribution in [0.3, 0.4) is 0 Å². The highest BCUT2D eigenvalue weighted by atomic mass is 16.7. The average molecular weight is 373 g/mol. The van der Waals surface area contributed by atoms with Crippen LogP contribution in [0.4, 0.5) is 0 Å². The summed E-state index contributed by atoms with van der Waals surface area (Å²) in [6, 6.07) is 8.12. The first kappa shape index (κ1) is 20.4. The van der Waals surface area contributed by atoms with Gasteiger partial charge in [0.05, 0.1) is 13.2 Å². The van der Waals surface area contributed by atoms with Crippen molar-refractivity contribution in [1.29, 1.82) is 0 Å². The highest BCUT2D eigenvalue weighted by Crippen LogP contribution is 2.32. The van der Waals surface area contributed by atoms with Crippen LogP contribution in [-0.4, -0.2) is 19.8 Å². The zero-order valence-corrected chi connectivity index (χ0v) is 17.1. The van der Waals surface area contributed by atoms with Crippen molar-refractivity contribution in [3.05, 3.63) is 42.0 Å². The third-order valence-corrected chi connectivity index (χ3v) is 6.04.